The van der Waals surface area contributed by atoms with E-state index >= 15 is 0 Å². The summed E-state index contributed by atoms with van der Waals surface area (Å²) in [4.78, 5) is 23.2. The number of rotatable bonds is 42. The second-order valence-corrected chi connectivity index (χ2v) is 18.7. The van der Waals surface area contributed by atoms with Crippen molar-refractivity contribution in [3.63, 3.8) is 0 Å². The molecule has 6 unspecified atom stereocenters. The quantitative estimate of drug-likeness (QED) is 0.0147. The summed E-state index contributed by atoms with van der Waals surface area (Å²) in [5.74, 6) is -0.475. The van der Waals surface area contributed by atoms with E-state index in [0.717, 1.165) is 51.4 Å². The van der Waals surface area contributed by atoms with E-state index in [9.17, 15) is 39.8 Å². The van der Waals surface area contributed by atoms with Crippen LogP contribution in [0.3, 0.4) is 0 Å². The Hall–Kier alpha value is -0.920. The number of aliphatic hydroxyl groups excluding tert-OH is 5. The highest BCUT2D eigenvalue weighted by atomic mass is 31.2. The van der Waals surface area contributed by atoms with Crippen LogP contribution < -0.4 is 0 Å². The Morgan fingerprint density at radius 2 is 0.883 bits per heavy atom. The van der Waals surface area contributed by atoms with E-state index in [-0.39, 0.29) is 13.0 Å². The summed E-state index contributed by atoms with van der Waals surface area (Å²) < 4.78 is 34.2. The molecule has 6 atom stereocenters. The van der Waals surface area contributed by atoms with Crippen molar-refractivity contribution >= 4 is 13.8 Å². The summed E-state index contributed by atoms with van der Waals surface area (Å²) in [6.45, 7) is 4.27. The first kappa shape index (κ1) is 57.1. The molecule has 0 aromatic carbocycles. The third kappa shape index (κ3) is 30.2. The van der Waals surface area contributed by atoms with Gasteiger partial charge in [-0.15, -0.1) is 0 Å². The molecule has 0 bridgehead atoms. The highest BCUT2D eigenvalue weighted by Gasteiger charge is 2.51. The van der Waals surface area contributed by atoms with Gasteiger partial charge >= 0.3 is 13.8 Å². The molecule has 13 heteroatoms. The molecule has 1 aliphatic rings. The van der Waals surface area contributed by atoms with E-state index in [4.69, 9.17) is 18.5 Å². The number of hydrogen-bond acceptors (Lipinski definition) is 11. The number of aliphatic hydroxyl groups is 5. The number of ether oxygens (including phenoxy) is 2. The predicted octanol–water partition coefficient (Wildman–Crippen LogP) is 10.3. The normalized spacial score (nSPS) is 22.3. The van der Waals surface area contributed by atoms with E-state index in [1.54, 1.807) is 0 Å². The van der Waals surface area contributed by atoms with E-state index in [1.807, 2.05) is 0 Å². The van der Waals surface area contributed by atoms with E-state index < -0.39 is 63.1 Å². The molecule has 0 amide bonds. The van der Waals surface area contributed by atoms with Gasteiger partial charge in [0.1, 0.15) is 42.7 Å². The van der Waals surface area contributed by atoms with Crippen LogP contribution in [0, 0.1) is 0 Å². The monoisotopic (exact) mass is 879 g/mol. The van der Waals surface area contributed by atoms with Gasteiger partial charge in [-0.1, -0.05) is 187 Å². The highest BCUT2D eigenvalue weighted by molar-refractivity contribution is 7.47. The molecule has 1 rings (SSSR count). The molecule has 0 spiro atoms. The number of carbonyl (C=O) groups excluding carboxylic acids is 1. The molecule has 12 nitrogen and oxygen atoms in total. The fourth-order valence-corrected chi connectivity index (χ4v) is 8.68. The van der Waals surface area contributed by atoms with Gasteiger partial charge in [-0.05, 0) is 38.5 Å². The van der Waals surface area contributed by atoms with Crippen LogP contribution in [0.5, 0.6) is 0 Å². The Morgan fingerprint density at radius 1 is 0.517 bits per heavy atom. The van der Waals surface area contributed by atoms with Crippen LogP contribution >= 0.6 is 7.82 Å². The SMILES string of the molecule is CCCCCCCC/C=C\CCCCCCCCOCC(COP(=O)(O)OC1C(O)C(O)C(O)C(O)C1O)OC(=O)CCCCCCCCCCCCCCCCCCC. The lowest BCUT2D eigenvalue weighted by molar-refractivity contribution is -0.220. The zero-order valence-electron chi connectivity index (χ0n) is 38.0. The van der Waals surface area contributed by atoms with Crippen molar-refractivity contribution in [2.24, 2.45) is 0 Å². The van der Waals surface area contributed by atoms with Crippen LogP contribution in [0.25, 0.3) is 0 Å². The number of phosphoric acid groups is 1. The Morgan fingerprint density at radius 3 is 1.32 bits per heavy atom. The molecule has 60 heavy (non-hydrogen) atoms. The smallest absolute Gasteiger partial charge is 0.457 e. The van der Waals surface area contributed by atoms with Gasteiger partial charge in [0.2, 0.25) is 0 Å². The zero-order chi connectivity index (χ0) is 44.1. The highest BCUT2D eigenvalue weighted by Crippen LogP contribution is 2.47. The second kappa shape index (κ2) is 38.5. The molecule has 0 heterocycles. The molecule has 0 aromatic heterocycles. The fourth-order valence-electron chi connectivity index (χ4n) is 7.70. The standard InChI is InChI=1S/C47H91O12P/c1-3-5-7-9-11-13-15-17-19-21-22-24-26-28-30-32-34-36-41(48)58-40(39-57-60(54,55)59-47-45(52)43(50)42(49)44(51)46(47)53)38-56-37-35-33-31-29-27-25-23-20-18-16-14-12-10-8-6-4-2/h18,20,40,42-47,49-53H,3-17,19,21-39H2,1-2H3,(H,54,55)/b20-18-. The largest absolute Gasteiger partial charge is 0.472 e. The van der Waals surface area contributed by atoms with Crippen molar-refractivity contribution in [2.45, 2.75) is 262 Å². The average molecular weight is 879 g/mol. The molecule has 0 aromatic rings. The molecule has 1 saturated carbocycles. The van der Waals surface area contributed by atoms with Crippen molar-refractivity contribution in [1.82, 2.24) is 0 Å². The lowest BCUT2D eigenvalue weighted by Crippen LogP contribution is -2.64. The number of unbranched alkanes of at least 4 members (excludes halogenated alkanes) is 28. The van der Waals surface area contributed by atoms with Crippen molar-refractivity contribution in [3.8, 4) is 0 Å². The molecule has 0 radical (unpaired) electrons. The maximum atomic E-state index is 12.8. The lowest BCUT2D eigenvalue weighted by Gasteiger charge is -2.41. The summed E-state index contributed by atoms with van der Waals surface area (Å²) >= 11 is 0. The third-order valence-corrected chi connectivity index (χ3v) is 12.6. The van der Waals surface area contributed by atoms with Gasteiger partial charge in [-0.2, -0.15) is 0 Å². The fraction of sp³-hybridized carbons (Fsp3) is 0.936. The summed E-state index contributed by atoms with van der Waals surface area (Å²) in [5.41, 5.74) is 0. The van der Waals surface area contributed by atoms with Crippen LogP contribution in [0.4, 0.5) is 0 Å². The van der Waals surface area contributed by atoms with Crippen molar-refractivity contribution in [1.29, 1.82) is 0 Å². The minimum Gasteiger partial charge on any atom is -0.457 e. The molecular weight excluding hydrogens is 787 g/mol. The van der Waals surface area contributed by atoms with Crippen LogP contribution in [0.15, 0.2) is 12.2 Å². The molecular formula is C47H91O12P. The van der Waals surface area contributed by atoms with Gasteiger partial charge in [0.25, 0.3) is 0 Å². The van der Waals surface area contributed by atoms with Crippen molar-refractivity contribution in [3.05, 3.63) is 12.2 Å². The molecule has 1 fully saturated rings. The van der Waals surface area contributed by atoms with Crippen molar-refractivity contribution < 1.29 is 58.3 Å². The minimum absolute atomic E-state index is 0.0752. The maximum Gasteiger partial charge on any atom is 0.472 e. The average Bonchev–Trinajstić information content (AvgIpc) is 3.23. The molecule has 6 N–H and O–H groups in total. The van der Waals surface area contributed by atoms with Crippen molar-refractivity contribution in [2.75, 3.05) is 19.8 Å². The minimum atomic E-state index is -5.01. The zero-order valence-corrected chi connectivity index (χ0v) is 38.9. The third-order valence-electron chi connectivity index (χ3n) is 11.6. The summed E-state index contributed by atoms with van der Waals surface area (Å²) in [6, 6.07) is 0. The predicted molar refractivity (Wildman–Crippen MR) is 240 cm³/mol. The number of esters is 1. The second-order valence-electron chi connectivity index (χ2n) is 17.3. The number of carbonyl (C=O) groups is 1. The summed E-state index contributed by atoms with van der Waals surface area (Å²) in [6.07, 6.45) is 29.9. The molecule has 0 saturated heterocycles. The van der Waals surface area contributed by atoms with Crippen LogP contribution in [0.2, 0.25) is 0 Å². The first-order chi connectivity index (χ1) is 29.0. The topological polar surface area (TPSA) is 192 Å². The van der Waals surface area contributed by atoms with Crippen LogP contribution in [0.1, 0.15) is 219 Å². The molecule has 1 aliphatic carbocycles. The number of phosphoric ester groups is 1. The van der Waals surface area contributed by atoms with Gasteiger partial charge in [0, 0.05) is 13.0 Å². The Bertz CT molecular complexity index is 1050. The Balaban J connectivity index is 2.36. The number of allylic oxidation sites excluding steroid dienone is 2. The molecule has 356 valence electrons. The maximum absolute atomic E-state index is 12.8. The summed E-state index contributed by atoms with van der Waals surface area (Å²) in [5, 5.41) is 50.2. The van der Waals surface area contributed by atoms with E-state index in [0.29, 0.717) is 13.0 Å². The lowest BCUT2D eigenvalue weighted by atomic mass is 9.85. The van der Waals surface area contributed by atoms with Gasteiger partial charge in [-0.25, -0.2) is 4.57 Å². The van der Waals surface area contributed by atoms with Gasteiger partial charge in [0.05, 0.1) is 13.2 Å². The van der Waals surface area contributed by atoms with E-state index in [2.05, 4.69) is 26.0 Å². The van der Waals surface area contributed by atoms with Gasteiger partial charge in [0.15, 0.2) is 0 Å². The van der Waals surface area contributed by atoms with Gasteiger partial charge < -0.3 is 39.9 Å². The Kier molecular flexibility index (Phi) is 36.7. The Labute approximate surface area is 365 Å². The summed E-state index contributed by atoms with van der Waals surface area (Å²) in [7, 11) is -5.01. The van der Waals surface area contributed by atoms with Gasteiger partial charge in [-0.3, -0.25) is 13.8 Å². The number of hydrogen-bond donors (Lipinski definition) is 6. The van der Waals surface area contributed by atoms with Crippen LogP contribution in [-0.4, -0.2) is 98.9 Å². The first-order valence-electron chi connectivity index (χ1n) is 24.5. The molecule has 0 aliphatic heterocycles. The van der Waals surface area contributed by atoms with E-state index in [1.165, 1.54) is 141 Å². The first-order valence-corrected chi connectivity index (χ1v) is 26.0. The van der Waals surface area contributed by atoms with Crippen LogP contribution in [-0.2, 0) is 27.9 Å².